The van der Waals surface area contributed by atoms with Gasteiger partial charge >= 0.3 is 0 Å². The lowest BCUT2D eigenvalue weighted by Gasteiger charge is -2.20. The first-order chi connectivity index (χ1) is 9.35. The Kier molecular flexibility index (Phi) is 5.97. The molecular formula is C13H21N3O3S. The predicted octanol–water partition coefficient (Wildman–Crippen LogP) is 0.686. The third-order valence-corrected chi connectivity index (χ3v) is 4.58. The van der Waals surface area contributed by atoms with Gasteiger partial charge in [-0.15, -0.1) is 0 Å². The Morgan fingerprint density at radius 1 is 1.35 bits per heavy atom. The number of hydrogen-bond donors (Lipinski definition) is 2. The summed E-state index contributed by atoms with van der Waals surface area (Å²) in [4.78, 5) is 11.0. The van der Waals surface area contributed by atoms with Crippen molar-refractivity contribution >= 4 is 21.6 Å². The number of sulfonamides is 1. The topological polar surface area (TPSA) is 106 Å². The maximum Gasteiger partial charge on any atom is 0.232 e. The van der Waals surface area contributed by atoms with Crippen molar-refractivity contribution in [1.29, 1.82) is 0 Å². The summed E-state index contributed by atoms with van der Waals surface area (Å²) < 4.78 is 25.8. The van der Waals surface area contributed by atoms with Gasteiger partial charge in [0.15, 0.2) is 0 Å². The number of carbonyl (C=O) groups excluding carboxylic acids is 1. The number of nitrogens with two attached hydrogens (primary N) is 2. The summed E-state index contributed by atoms with van der Waals surface area (Å²) in [5.41, 5.74) is 11.8. The lowest BCUT2D eigenvalue weighted by molar-refractivity contribution is -0.118. The van der Waals surface area contributed by atoms with Crippen molar-refractivity contribution in [2.75, 3.05) is 18.8 Å². The second-order valence-electron chi connectivity index (χ2n) is 4.65. The third kappa shape index (κ3) is 5.18. The van der Waals surface area contributed by atoms with E-state index in [2.05, 4.69) is 0 Å². The smallest absolute Gasteiger partial charge is 0.232 e. The molecule has 0 aliphatic heterocycles. The molecule has 1 aromatic carbocycles. The van der Waals surface area contributed by atoms with Crippen molar-refractivity contribution < 1.29 is 13.2 Å². The van der Waals surface area contributed by atoms with Gasteiger partial charge in [-0.25, -0.2) is 8.42 Å². The van der Waals surface area contributed by atoms with Gasteiger partial charge < -0.3 is 11.5 Å². The highest BCUT2D eigenvalue weighted by Gasteiger charge is 2.23. The van der Waals surface area contributed by atoms with Gasteiger partial charge in [-0.05, 0) is 24.1 Å². The molecule has 1 rings (SSSR count). The summed E-state index contributed by atoms with van der Waals surface area (Å²) in [5.74, 6) is -0.841. The van der Waals surface area contributed by atoms with E-state index in [1.807, 2.05) is 6.92 Å². The molecule has 112 valence electrons. The molecular weight excluding hydrogens is 278 g/mol. The van der Waals surface area contributed by atoms with Crippen LogP contribution in [0.5, 0.6) is 0 Å². The number of anilines is 1. The van der Waals surface area contributed by atoms with Crippen LogP contribution in [0.1, 0.15) is 25.3 Å². The van der Waals surface area contributed by atoms with Crippen LogP contribution in [0.4, 0.5) is 5.69 Å². The molecule has 0 aliphatic carbocycles. The zero-order chi connectivity index (χ0) is 15.2. The number of carbonyl (C=O) groups is 1. The average molecular weight is 299 g/mol. The van der Waals surface area contributed by atoms with Crippen molar-refractivity contribution in [1.82, 2.24) is 4.31 Å². The fourth-order valence-electron chi connectivity index (χ4n) is 1.81. The maximum absolute atomic E-state index is 12.3. The van der Waals surface area contributed by atoms with Crippen LogP contribution in [0.3, 0.4) is 0 Å². The quantitative estimate of drug-likeness (QED) is 0.688. The molecule has 0 saturated carbocycles. The van der Waals surface area contributed by atoms with Crippen LogP contribution in [0.25, 0.3) is 0 Å². The highest BCUT2D eigenvalue weighted by Crippen LogP contribution is 2.14. The van der Waals surface area contributed by atoms with Crippen molar-refractivity contribution in [3.05, 3.63) is 29.8 Å². The number of rotatable bonds is 8. The van der Waals surface area contributed by atoms with Gasteiger partial charge in [-0.3, -0.25) is 4.79 Å². The second kappa shape index (κ2) is 7.25. The van der Waals surface area contributed by atoms with Crippen molar-refractivity contribution in [2.45, 2.75) is 25.5 Å². The maximum atomic E-state index is 12.3. The summed E-state index contributed by atoms with van der Waals surface area (Å²) in [7, 11) is -3.58. The van der Waals surface area contributed by atoms with E-state index >= 15 is 0 Å². The average Bonchev–Trinajstić information content (AvgIpc) is 2.33. The fraction of sp³-hybridized carbons (Fsp3) is 0.462. The van der Waals surface area contributed by atoms with Crippen molar-refractivity contribution in [3.63, 3.8) is 0 Å². The number of hydrogen-bond acceptors (Lipinski definition) is 4. The van der Waals surface area contributed by atoms with Gasteiger partial charge in [0, 0.05) is 12.2 Å². The van der Waals surface area contributed by atoms with Crippen LogP contribution in [-0.4, -0.2) is 31.7 Å². The molecule has 0 atom stereocenters. The van der Waals surface area contributed by atoms with E-state index in [1.165, 1.54) is 0 Å². The molecule has 0 radical (unpaired) electrons. The normalized spacial score (nSPS) is 11.7. The number of unbranched alkanes of at least 4 members (excludes halogenated alkanes) is 1. The van der Waals surface area contributed by atoms with E-state index in [-0.39, 0.29) is 12.3 Å². The number of nitrogens with zero attached hydrogens (tertiary/aromatic N) is 1. The molecule has 0 heterocycles. The first kappa shape index (κ1) is 16.5. The molecule has 0 unspecified atom stereocenters. The van der Waals surface area contributed by atoms with Crippen LogP contribution < -0.4 is 11.5 Å². The monoisotopic (exact) mass is 299 g/mol. The number of amides is 1. The van der Waals surface area contributed by atoms with Crippen molar-refractivity contribution in [3.8, 4) is 0 Å². The molecule has 0 spiro atoms. The molecule has 1 amide bonds. The lowest BCUT2D eigenvalue weighted by atomic mass is 10.2. The first-order valence-electron chi connectivity index (χ1n) is 6.45. The van der Waals surface area contributed by atoms with Gasteiger partial charge in [0.25, 0.3) is 0 Å². The van der Waals surface area contributed by atoms with E-state index < -0.39 is 15.9 Å². The van der Waals surface area contributed by atoms with Gasteiger partial charge in [0.05, 0.1) is 12.3 Å². The SMILES string of the molecule is CCCCN(CC(N)=O)S(=O)(=O)Cc1cccc(N)c1. The Hall–Kier alpha value is -1.60. The predicted molar refractivity (Wildman–Crippen MR) is 79.2 cm³/mol. The lowest BCUT2D eigenvalue weighted by Crippen LogP contribution is -2.39. The molecule has 1 aromatic rings. The summed E-state index contributed by atoms with van der Waals surface area (Å²) in [5, 5.41) is 0. The van der Waals surface area contributed by atoms with Crippen LogP contribution >= 0.6 is 0 Å². The molecule has 4 N–H and O–H groups in total. The Balaban J connectivity index is 2.88. The van der Waals surface area contributed by atoms with Crippen LogP contribution in [0.2, 0.25) is 0 Å². The largest absolute Gasteiger partial charge is 0.399 e. The Labute approximate surface area is 119 Å². The Bertz CT molecular complexity index is 558. The first-order valence-corrected chi connectivity index (χ1v) is 8.06. The van der Waals surface area contributed by atoms with E-state index in [9.17, 15) is 13.2 Å². The molecule has 6 nitrogen and oxygen atoms in total. The summed E-state index contributed by atoms with van der Waals surface area (Å²) in [6.45, 7) is 1.96. The van der Waals surface area contributed by atoms with Gasteiger partial charge in [0.1, 0.15) is 0 Å². The summed E-state index contributed by atoms with van der Waals surface area (Å²) in [6, 6.07) is 6.69. The van der Waals surface area contributed by atoms with E-state index in [4.69, 9.17) is 11.5 Å². The summed E-state index contributed by atoms with van der Waals surface area (Å²) in [6.07, 6.45) is 1.52. The third-order valence-electron chi connectivity index (χ3n) is 2.79. The van der Waals surface area contributed by atoms with Gasteiger partial charge in [-0.1, -0.05) is 25.5 Å². The van der Waals surface area contributed by atoms with Gasteiger partial charge in [-0.2, -0.15) is 4.31 Å². The Morgan fingerprint density at radius 2 is 2.05 bits per heavy atom. The highest BCUT2D eigenvalue weighted by atomic mass is 32.2. The summed E-state index contributed by atoms with van der Waals surface area (Å²) >= 11 is 0. The van der Waals surface area contributed by atoms with Crippen LogP contribution in [-0.2, 0) is 20.6 Å². The molecule has 0 fully saturated rings. The zero-order valence-electron chi connectivity index (χ0n) is 11.6. The minimum absolute atomic E-state index is 0.185. The molecule has 20 heavy (non-hydrogen) atoms. The minimum Gasteiger partial charge on any atom is -0.399 e. The number of primary amides is 1. The molecule has 0 bridgehead atoms. The standard InChI is InChI=1S/C13H21N3O3S/c1-2-3-7-16(9-13(15)17)20(18,19)10-11-5-4-6-12(14)8-11/h4-6,8H,2-3,7,9-10,14H2,1H3,(H2,15,17). The molecule has 0 aromatic heterocycles. The molecule has 0 aliphatic rings. The van der Waals surface area contributed by atoms with Gasteiger partial charge in [0.2, 0.25) is 15.9 Å². The fourth-order valence-corrected chi connectivity index (χ4v) is 3.32. The zero-order valence-corrected chi connectivity index (χ0v) is 12.4. The second-order valence-corrected chi connectivity index (χ2v) is 6.62. The molecule has 0 saturated heterocycles. The van der Waals surface area contributed by atoms with Crippen molar-refractivity contribution in [2.24, 2.45) is 5.73 Å². The molecule has 7 heteroatoms. The van der Waals surface area contributed by atoms with E-state index in [0.717, 1.165) is 10.7 Å². The highest BCUT2D eigenvalue weighted by molar-refractivity contribution is 7.88. The van der Waals surface area contributed by atoms with Crippen LogP contribution in [0, 0.1) is 0 Å². The number of nitrogen functional groups attached to an aromatic ring is 1. The minimum atomic E-state index is -3.58. The number of benzene rings is 1. The van der Waals surface area contributed by atoms with E-state index in [1.54, 1.807) is 24.3 Å². The van der Waals surface area contributed by atoms with E-state index in [0.29, 0.717) is 24.2 Å². The van der Waals surface area contributed by atoms with Crippen LogP contribution in [0.15, 0.2) is 24.3 Å². The Morgan fingerprint density at radius 3 is 2.60 bits per heavy atom.